The summed E-state index contributed by atoms with van der Waals surface area (Å²) in [6, 6.07) is 5.07. The molecule has 0 spiro atoms. The summed E-state index contributed by atoms with van der Waals surface area (Å²) in [5, 5.41) is 0. The first kappa shape index (κ1) is 14.0. The van der Waals surface area contributed by atoms with Gasteiger partial charge in [0.2, 0.25) is 0 Å². The van der Waals surface area contributed by atoms with Crippen LogP contribution < -0.4 is 5.73 Å². The molecule has 0 aliphatic heterocycles. The fourth-order valence-electron chi connectivity index (χ4n) is 2.98. The molecule has 1 aliphatic carbocycles. The highest BCUT2D eigenvalue weighted by atomic mass is 79.9. The minimum atomic E-state index is -0.203. The summed E-state index contributed by atoms with van der Waals surface area (Å²) < 4.78 is 13.9. The Balaban J connectivity index is 1.97. The second kappa shape index (κ2) is 6.16. The third-order valence-electron chi connectivity index (χ3n) is 4.24. The van der Waals surface area contributed by atoms with Crippen molar-refractivity contribution >= 4 is 15.9 Å². The molecule has 1 fully saturated rings. The number of hydrogen-bond acceptors (Lipinski definition) is 1. The lowest BCUT2D eigenvalue weighted by molar-refractivity contribution is 0.404. The molecule has 1 aromatic rings. The van der Waals surface area contributed by atoms with Gasteiger partial charge in [0.1, 0.15) is 5.82 Å². The Morgan fingerprint density at radius 1 is 1.44 bits per heavy atom. The van der Waals surface area contributed by atoms with Crippen molar-refractivity contribution in [1.82, 2.24) is 0 Å². The zero-order valence-electron chi connectivity index (χ0n) is 10.8. The average molecular weight is 314 g/mol. The van der Waals surface area contributed by atoms with Gasteiger partial charge in [0.05, 0.1) is 0 Å². The average Bonchev–Trinajstić information content (AvgIpc) is 2.81. The smallest absolute Gasteiger partial charge is 0.124 e. The van der Waals surface area contributed by atoms with Crippen LogP contribution in [0.25, 0.3) is 0 Å². The number of rotatable bonds is 4. The van der Waals surface area contributed by atoms with Crippen LogP contribution in [0.2, 0.25) is 0 Å². The lowest BCUT2D eigenvalue weighted by Crippen LogP contribution is -2.31. The molecule has 3 atom stereocenters. The first-order valence-electron chi connectivity index (χ1n) is 6.79. The minimum Gasteiger partial charge on any atom is -0.327 e. The topological polar surface area (TPSA) is 26.0 Å². The van der Waals surface area contributed by atoms with E-state index in [-0.39, 0.29) is 11.9 Å². The van der Waals surface area contributed by atoms with Crippen molar-refractivity contribution in [3.63, 3.8) is 0 Å². The molecule has 0 saturated heterocycles. The Hall–Kier alpha value is -0.410. The predicted molar refractivity (Wildman–Crippen MR) is 76.9 cm³/mol. The lowest BCUT2D eigenvalue weighted by Gasteiger charge is -2.20. The fourth-order valence-corrected chi connectivity index (χ4v) is 3.49. The monoisotopic (exact) mass is 313 g/mol. The predicted octanol–water partition coefficient (Wildman–Crippen LogP) is 4.28. The van der Waals surface area contributed by atoms with E-state index < -0.39 is 0 Å². The van der Waals surface area contributed by atoms with E-state index >= 15 is 0 Å². The number of nitrogens with two attached hydrogens (primary N) is 1. The summed E-state index contributed by atoms with van der Waals surface area (Å²) in [5.74, 6) is 1.29. The summed E-state index contributed by atoms with van der Waals surface area (Å²) in [6.45, 7) is 2.26. The van der Waals surface area contributed by atoms with Crippen LogP contribution in [0.15, 0.2) is 22.7 Å². The lowest BCUT2D eigenvalue weighted by atomic mass is 9.92. The quantitative estimate of drug-likeness (QED) is 0.882. The highest BCUT2D eigenvalue weighted by molar-refractivity contribution is 9.10. The van der Waals surface area contributed by atoms with Gasteiger partial charge in [-0.2, -0.15) is 0 Å². The summed E-state index contributed by atoms with van der Waals surface area (Å²) in [5.41, 5.74) is 7.43. The van der Waals surface area contributed by atoms with Crippen LogP contribution in [0.3, 0.4) is 0 Å². The van der Waals surface area contributed by atoms with Gasteiger partial charge in [-0.15, -0.1) is 0 Å². The van der Waals surface area contributed by atoms with E-state index in [0.717, 1.165) is 22.4 Å². The number of halogens is 2. The van der Waals surface area contributed by atoms with Crippen LogP contribution in [-0.2, 0) is 6.42 Å². The highest BCUT2D eigenvalue weighted by Crippen LogP contribution is 2.35. The fraction of sp³-hybridized carbons (Fsp3) is 0.600. The summed E-state index contributed by atoms with van der Waals surface area (Å²) >= 11 is 3.41. The first-order chi connectivity index (χ1) is 8.60. The Bertz CT molecular complexity index is 407. The van der Waals surface area contributed by atoms with Crippen molar-refractivity contribution in [3.8, 4) is 0 Å². The Morgan fingerprint density at radius 2 is 2.22 bits per heavy atom. The molecule has 2 N–H and O–H groups in total. The van der Waals surface area contributed by atoms with Crippen molar-refractivity contribution in [2.75, 3.05) is 0 Å². The SMILES string of the molecule is CCC1CCC(C(N)Cc2ccc(F)cc2Br)C1. The number of benzene rings is 1. The number of hydrogen-bond donors (Lipinski definition) is 1. The van der Waals surface area contributed by atoms with E-state index in [2.05, 4.69) is 22.9 Å². The third kappa shape index (κ3) is 3.33. The largest absolute Gasteiger partial charge is 0.327 e. The normalized spacial score (nSPS) is 25.3. The maximum atomic E-state index is 13.0. The zero-order chi connectivity index (χ0) is 13.1. The molecule has 0 radical (unpaired) electrons. The van der Waals surface area contributed by atoms with Crippen LogP contribution in [0.5, 0.6) is 0 Å². The molecule has 1 nitrogen and oxygen atoms in total. The van der Waals surface area contributed by atoms with Crippen LogP contribution in [0, 0.1) is 17.7 Å². The standard InChI is InChI=1S/C15H21BrFN/c1-2-10-3-4-12(7-10)15(18)8-11-5-6-13(17)9-14(11)16/h5-6,9-10,12,15H,2-4,7-8,18H2,1H3. The molecule has 1 aliphatic rings. The molecule has 1 aromatic carbocycles. The van der Waals surface area contributed by atoms with Gasteiger partial charge in [-0.3, -0.25) is 0 Å². The maximum Gasteiger partial charge on any atom is 0.124 e. The van der Waals surface area contributed by atoms with Gasteiger partial charge in [-0.25, -0.2) is 4.39 Å². The summed E-state index contributed by atoms with van der Waals surface area (Å²) in [6.07, 6.45) is 5.93. The maximum absolute atomic E-state index is 13.0. The molecular weight excluding hydrogens is 293 g/mol. The van der Waals surface area contributed by atoms with Crippen molar-refractivity contribution in [2.24, 2.45) is 17.6 Å². The summed E-state index contributed by atoms with van der Waals surface area (Å²) in [4.78, 5) is 0. The Morgan fingerprint density at radius 3 is 2.83 bits per heavy atom. The van der Waals surface area contributed by atoms with Crippen molar-refractivity contribution in [1.29, 1.82) is 0 Å². The van der Waals surface area contributed by atoms with Gasteiger partial charge >= 0.3 is 0 Å². The van der Waals surface area contributed by atoms with E-state index in [1.165, 1.54) is 37.8 Å². The molecule has 0 heterocycles. The van der Waals surface area contributed by atoms with E-state index in [1.807, 2.05) is 6.07 Å². The van der Waals surface area contributed by atoms with Gasteiger partial charge in [0, 0.05) is 10.5 Å². The third-order valence-corrected chi connectivity index (χ3v) is 4.97. The van der Waals surface area contributed by atoms with E-state index in [9.17, 15) is 4.39 Å². The van der Waals surface area contributed by atoms with Gasteiger partial charge in [-0.05, 0) is 48.8 Å². The van der Waals surface area contributed by atoms with Crippen molar-refractivity contribution in [2.45, 2.75) is 45.1 Å². The molecule has 3 unspecified atom stereocenters. The minimum absolute atomic E-state index is 0.198. The molecule has 3 heteroatoms. The molecule has 0 bridgehead atoms. The van der Waals surface area contributed by atoms with E-state index in [1.54, 1.807) is 0 Å². The molecular formula is C15H21BrFN. The van der Waals surface area contributed by atoms with Gasteiger partial charge in [0.15, 0.2) is 0 Å². The van der Waals surface area contributed by atoms with Crippen LogP contribution in [-0.4, -0.2) is 6.04 Å². The van der Waals surface area contributed by atoms with Crippen LogP contribution >= 0.6 is 15.9 Å². The first-order valence-corrected chi connectivity index (χ1v) is 7.59. The molecule has 1 saturated carbocycles. The molecule has 100 valence electrons. The second-order valence-electron chi connectivity index (χ2n) is 5.45. The van der Waals surface area contributed by atoms with Gasteiger partial charge in [0.25, 0.3) is 0 Å². The highest BCUT2D eigenvalue weighted by Gasteiger charge is 2.28. The molecule has 18 heavy (non-hydrogen) atoms. The molecule has 0 aromatic heterocycles. The second-order valence-corrected chi connectivity index (χ2v) is 6.31. The molecule has 2 rings (SSSR count). The van der Waals surface area contributed by atoms with Crippen molar-refractivity contribution < 1.29 is 4.39 Å². The van der Waals surface area contributed by atoms with Crippen molar-refractivity contribution in [3.05, 3.63) is 34.1 Å². The van der Waals surface area contributed by atoms with E-state index in [4.69, 9.17) is 5.73 Å². The summed E-state index contributed by atoms with van der Waals surface area (Å²) in [7, 11) is 0. The Labute approximate surface area is 117 Å². The van der Waals surface area contributed by atoms with Crippen LogP contribution in [0.4, 0.5) is 4.39 Å². The Kier molecular flexibility index (Phi) is 4.79. The molecule has 0 amide bonds. The zero-order valence-corrected chi connectivity index (χ0v) is 12.4. The van der Waals surface area contributed by atoms with Gasteiger partial charge in [-0.1, -0.05) is 41.8 Å². The van der Waals surface area contributed by atoms with E-state index in [0.29, 0.717) is 5.92 Å². The van der Waals surface area contributed by atoms with Crippen LogP contribution in [0.1, 0.15) is 38.2 Å². The van der Waals surface area contributed by atoms with Gasteiger partial charge < -0.3 is 5.73 Å².